The van der Waals surface area contributed by atoms with E-state index < -0.39 is 0 Å². The lowest BCUT2D eigenvalue weighted by Crippen LogP contribution is -2.21. The van der Waals surface area contributed by atoms with Crippen LogP contribution in [0.1, 0.15) is 21.5 Å². The van der Waals surface area contributed by atoms with Crippen LogP contribution in [0.2, 0.25) is 0 Å². The van der Waals surface area contributed by atoms with Gasteiger partial charge in [-0.3, -0.25) is 9.59 Å². The van der Waals surface area contributed by atoms with E-state index in [4.69, 9.17) is 0 Å². The number of pyridine rings is 1. The number of aromatic nitrogens is 1. The van der Waals surface area contributed by atoms with Gasteiger partial charge in [-0.2, -0.15) is 0 Å². The Labute approximate surface area is 106 Å². The Morgan fingerprint density at radius 3 is 2.39 bits per heavy atom. The summed E-state index contributed by atoms with van der Waals surface area (Å²) in [4.78, 5) is 22.6. The first-order valence-corrected chi connectivity index (χ1v) is 5.77. The van der Waals surface area contributed by atoms with Gasteiger partial charge in [-0.25, -0.2) is 0 Å². The number of aldehydes is 1. The molecule has 0 aliphatic heterocycles. The molecule has 2 aromatic rings. The third-order valence-corrected chi connectivity index (χ3v) is 3.26. The van der Waals surface area contributed by atoms with Crippen LogP contribution in [0.3, 0.4) is 0 Å². The minimum atomic E-state index is -0.263. The van der Waals surface area contributed by atoms with Gasteiger partial charge in [-0.05, 0) is 48.7 Å². The quantitative estimate of drug-likeness (QED) is 0.758. The number of hydrogen-bond acceptors (Lipinski definition) is 2. The van der Waals surface area contributed by atoms with E-state index >= 15 is 0 Å². The van der Waals surface area contributed by atoms with Crippen molar-refractivity contribution in [3.63, 3.8) is 0 Å². The summed E-state index contributed by atoms with van der Waals surface area (Å²) in [6.07, 6.45) is 0.590. The molecule has 18 heavy (non-hydrogen) atoms. The molecule has 1 aromatic carbocycles. The van der Waals surface area contributed by atoms with E-state index in [0.29, 0.717) is 6.29 Å². The van der Waals surface area contributed by atoms with Crippen molar-refractivity contribution in [2.45, 2.75) is 13.8 Å². The first kappa shape index (κ1) is 12.3. The number of nitrogens with zero attached hydrogens (tertiary/aromatic N) is 1. The summed E-state index contributed by atoms with van der Waals surface area (Å²) < 4.78 is 1.51. The van der Waals surface area contributed by atoms with Crippen LogP contribution in [-0.2, 0) is 7.05 Å². The number of carbonyl (C=O) groups excluding carboxylic acids is 1. The second-order valence-electron chi connectivity index (χ2n) is 4.45. The monoisotopic (exact) mass is 241 g/mol. The van der Waals surface area contributed by atoms with E-state index in [-0.39, 0.29) is 11.1 Å². The highest BCUT2D eigenvalue weighted by atomic mass is 16.1. The maximum Gasteiger partial charge on any atom is 0.261 e. The van der Waals surface area contributed by atoms with Crippen molar-refractivity contribution in [1.29, 1.82) is 0 Å². The number of aryl methyl sites for hydroxylation is 2. The van der Waals surface area contributed by atoms with Gasteiger partial charge in [0, 0.05) is 7.05 Å². The summed E-state index contributed by atoms with van der Waals surface area (Å²) in [5.74, 6) is 0. The lowest BCUT2D eigenvalue weighted by molar-refractivity contribution is 0.112. The average Bonchev–Trinajstić information content (AvgIpc) is 2.36. The van der Waals surface area contributed by atoms with Gasteiger partial charge >= 0.3 is 0 Å². The highest BCUT2D eigenvalue weighted by Crippen LogP contribution is 2.20. The van der Waals surface area contributed by atoms with Crippen LogP contribution in [0, 0.1) is 13.8 Å². The molecule has 0 atom stereocenters. The predicted octanol–water partition coefficient (Wildman–Crippen LogP) is 2.48. The Morgan fingerprint density at radius 1 is 1.06 bits per heavy atom. The molecule has 0 aliphatic carbocycles. The fraction of sp³-hybridized carbons (Fsp3) is 0.200. The van der Waals surface area contributed by atoms with Crippen molar-refractivity contribution >= 4 is 6.29 Å². The van der Waals surface area contributed by atoms with Crippen LogP contribution in [0.25, 0.3) is 11.3 Å². The van der Waals surface area contributed by atoms with Gasteiger partial charge < -0.3 is 4.57 Å². The van der Waals surface area contributed by atoms with E-state index in [1.807, 2.05) is 32.0 Å². The van der Waals surface area contributed by atoms with Crippen LogP contribution in [-0.4, -0.2) is 10.9 Å². The molecule has 1 aromatic heterocycles. The standard InChI is InChI=1S/C15H15NO2/c1-10-4-5-12(8-11(10)2)14-7-6-13(9-17)15(18)16(14)3/h4-9H,1-3H3. The molecule has 0 bridgehead atoms. The Kier molecular flexibility index (Phi) is 3.15. The van der Waals surface area contributed by atoms with Gasteiger partial charge in [0.05, 0.1) is 11.3 Å². The van der Waals surface area contributed by atoms with Crippen LogP contribution < -0.4 is 5.56 Å². The molecule has 3 nitrogen and oxygen atoms in total. The molecule has 0 unspecified atom stereocenters. The zero-order valence-electron chi connectivity index (χ0n) is 10.7. The number of rotatable bonds is 2. The molecule has 3 heteroatoms. The zero-order valence-corrected chi connectivity index (χ0v) is 10.7. The summed E-state index contributed by atoms with van der Waals surface area (Å²) in [5.41, 5.74) is 4.11. The Hall–Kier alpha value is -2.16. The first-order valence-electron chi connectivity index (χ1n) is 5.77. The van der Waals surface area contributed by atoms with Crippen molar-refractivity contribution in [1.82, 2.24) is 4.57 Å². The maximum absolute atomic E-state index is 11.9. The van der Waals surface area contributed by atoms with E-state index in [0.717, 1.165) is 11.3 Å². The van der Waals surface area contributed by atoms with Gasteiger partial charge in [-0.1, -0.05) is 12.1 Å². The van der Waals surface area contributed by atoms with Gasteiger partial charge in [0.2, 0.25) is 0 Å². The fourth-order valence-corrected chi connectivity index (χ4v) is 1.94. The summed E-state index contributed by atoms with van der Waals surface area (Å²) >= 11 is 0. The molecular weight excluding hydrogens is 226 g/mol. The molecule has 2 rings (SSSR count). The van der Waals surface area contributed by atoms with Gasteiger partial charge in [-0.15, -0.1) is 0 Å². The minimum Gasteiger partial charge on any atom is -0.311 e. The van der Waals surface area contributed by atoms with Crippen molar-refractivity contribution in [3.8, 4) is 11.3 Å². The largest absolute Gasteiger partial charge is 0.311 e. The van der Waals surface area contributed by atoms with Crippen molar-refractivity contribution in [2.24, 2.45) is 7.05 Å². The van der Waals surface area contributed by atoms with E-state index in [1.54, 1.807) is 19.2 Å². The lowest BCUT2D eigenvalue weighted by atomic mass is 10.0. The first-order chi connectivity index (χ1) is 8.54. The van der Waals surface area contributed by atoms with E-state index in [2.05, 4.69) is 0 Å². The van der Waals surface area contributed by atoms with Gasteiger partial charge in [0.1, 0.15) is 0 Å². The molecule has 1 heterocycles. The van der Waals surface area contributed by atoms with E-state index in [1.165, 1.54) is 15.7 Å². The number of carbonyl (C=O) groups is 1. The molecule has 0 N–H and O–H groups in total. The molecular formula is C15H15NO2. The van der Waals surface area contributed by atoms with Crippen LogP contribution in [0.4, 0.5) is 0 Å². The third kappa shape index (κ3) is 1.99. The summed E-state index contributed by atoms with van der Waals surface area (Å²) in [6, 6.07) is 9.43. The topological polar surface area (TPSA) is 39.1 Å². The molecule has 0 saturated heterocycles. The van der Waals surface area contributed by atoms with Crippen LogP contribution in [0.15, 0.2) is 35.1 Å². The molecule has 0 radical (unpaired) electrons. The molecule has 92 valence electrons. The lowest BCUT2D eigenvalue weighted by Gasteiger charge is -2.10. The number of benzene rings is 1. The minimum absolute atomic E-state index is 0.185. The number of hydrogen-bond donors (Lipinski definition) is 0. The Bertz CT molecular complexity index is 669. The van der Waals surface area contributed by atoms with Crippen molar-refractivity contribution in [2.75, 3.05) is 0 Å². The normalized spacial score (nSPS) is 10.4. The Balaban J connectivity index is 2.65. The SMILES string of the molecule is Cc1ccc(-c2ccc(C=O)c(=O)n2C)cc1C. The molecule has 0 amide bonds. The smallest absolute Gasteiger partial charge is 0.261 e. The second kappa shape index (κ2) is 4.61. The van der Waals surface area contributed by atoms with Crippen molar-refractivity contribution in [3.05, 3.63) is 57.4 Å². The summed E-state index contributed by atoms with van der Waals surface area (Å²) in [5, 5.41) is 0. The summed E-state index contributed by atoms with van der Waals surface area (Å²) in [6.45, 7) is 4.09. The molecule has 0 fully saturated rings. The fourth-order valence-electron chi connectivity index (χ4n) is 1.94. The summed E-state index contributed by atoms with van der Waals surface area (Å²) in [7, 11) is 1.68. The van der Waals surface area contributed by atoms with E-state index in [9.17, 15) is 9.59 Å². The predicted molar refractivity (Wildman–Crippen MR) is 72.0 cm³/mol. The second-order valence-corrected chi connectivity index (χ2v) is 4.45. The van der Waals surface area contributed by atoms with Crippen LogP contribution >= 0.6 is 0 Å². The molecule has 0 spiro atoms. The average molecular weight is 241 g/mol. The van der Waals surface area contributed by atoms with Gasteiger partial charge in [0.25, 0.3) is 5.56 Å². The highest BCUT2D eigenvalue weighted by Gasteiger charge is 2.07. The highest BCUT2D eigenvalue weighted by molar-refractivity contribution is 5.75. The molecule has 0 aliphatic rings. The third-order valence-electron chi connectivity index (χ3n) is 3.26. The Morgan fingerprint density at radius 2 is 1.78 bits per heavy atom. The van der Waals surface area contributed by atoms with Crippen molar-refractivity contribution < 1.29 is 4.79 Å². The maximum atomic E-state index is 11.9. The van der Waals surface area contributed by atoms with Gasteiger partial charge in [0.15, 0.2) is 6.29 Å². The molecule has 0 saturated carbocycles. The van der Waals surface area contributed by atoms with Crippen LogP contribution in [0.5, 0.6) is 0 Å². The zero-order chi connectivity index (χ0) is 13.3.